The highest BCUT2D eigenvalue weighted by Crippen LogP contribution is 2.41. The lowest BCUT2D eigenvalue weighted by molar-refractivity contribution is -0.188. The molecule has 0 radical (unpaired) electrons. The van der Waals surface area contributed by atoms with Crippen LogP contribution in [0.2, 0.25) is 5.02 Å². The first-order valence-corrected chi connectivity index (χ1v) is 7.40. The summed E-state index contributed by atoms with van der Waals surface area (Å²) < 4.78 is 39.2. The predicted octanol–water partition coefficient (Wildman–Crippen LogP) is 3.99. The van der Waals surface area contributed by atoms with Gasteiger partial charge in [0.2, 0.25) is 0 Å². The fraction of sp³-hybridized carbons (Fsp3) is 0.533. The maximum absolute atomic E-state index is 13.1. The van der Waals surface area contributed by atoms with Crippen LogP contribution in [0, 0.1) is 11.8 Å². The number of carboxylic acids is 1. The molecule has 1 unspecified atom stereocenters. The minimum atomic E-state index is -4.50. The Hall–Kier alpha value is -1.27. The third-order valence-corrected chi connectivity index (χ3v) is 4.42. The predicted molar refractivity (Wildman–Crippen MR) is 76.7 cm³/mol. The molecule has 1 N–H and O–H groups in total. The third kappa shape index (κ3) is 3.55. The molecule has 122 valence electrons. The molecule has 1 aromatic rings. The second-order valence-corrected chi connectivity index (χ2v) is 5.96. The highest BCUT2D eigenvalue weighted by Gasteiger charge is 2.53. The molecule has 3 nitrogen and oxygen atoms in total. The van der Waals surface area contributed by atoms with E-state index in [1.54, 1.807) is 29.2 Å². The number of likely N-dealkylation sites (tertiary alicyclic amines) is 1. The normalized spacial score (nSPS) is 24.4. The quantitative estimate of drug-likeness (QED) is 0.904. The lowest BCUT2D eigenvalue weighted by atomic mass is 9.96. The monoisotopic (exact) mass is 335 g/mol. The smallest absolute Gasteiger partial charge is 0.393 e. The standard InChI is InChI=1S/C15H17ClF3NO2/c1-2-13(9-3-5-10(16)6-4-9)20-7-11(14(21)22)12(8-20)15(17,18)19/h3-6,11-13H,2,7-8H2,1H3,(H,21,22)/t11-,12-,13?/m1/s1. The van der Waals surface area contributed by atoms with Crippen LogP contribution in [0.4, 0.5) is 13.2 Å². The average Bonchev–Trinajstić information content (AvgIpc) is 2.87. The molecular weight excluding hydrogens is 319 g/mol. The Labute approximate surface area is 131 Å². The van der Waals surface area contributed by atoms with Crippen molar-refractivity contribution in [3.05, 3.63) is 34.9 Å². The molecule has 0 spiro atoms. The number of nitrogens with zero attached hydrogens (tertiary/aromatic N) is 1. The molecule has 2 rings (SSSR count). The summed E-state index contributed by atoms with van der Waals surface area (Å²) in [5.74, 6) is -4.64. The van der Waals surface area contributed by atoms with E-state index in [1.165, 1.54) is 0 Å². The second kappa shape index (κ2) is 6.46. The van der Waals surface area contributed by atoms with Crippen LogP contribution >= 0.6 is 11.6 Å². The summed E-state index contributed by atoms with van der Waals surface area (Å²) >= 11 is 5.83. The molecule has 3 atom stereocenters. The van der Waals surface area contributed by atoms with Gasteiger partial charge in [-0.25, -0.2) is 0 Å². The SMILES string of the molecule is CCC(c1ccc(Cl)cc1)N1C[C@@H](C(F)(F)F)[C@H](C(=O)O)C1. The third-order valence-electron chi connectivity index (χ3n) is 4.17. The summed E-state index contributed by atoms with van der Waals surface area (Å²) in [6, 6.07) is 6.67. The highest BCUT2D eigenvalue weighted by atomic mass is 35.5. The molecule has 0 saturated carbocycles. The molecule has 1 fully saturated rings. The van der Waals surface area contributed by atoms with Gasteiger partial charge >= 0.3 is 12.1 Å². The van der Waals surface area contributed by atoms with Crippen LogP contribution in [0.1, 0.15) is 24.9 Å². The zero-order valence-electron chi connectivity index (χ0n) is 12.0. The number of aliphatic carboxylic acids is 1. The topological polar surface area (TPSA) is 40.5 Å². The van der Waals surface area contributed by atoms with E-state index in [4.69, 9.17) is 16.7 Å². The van der Waals surface area contributed by atoms with E-state index in [9.17, 15) is 18.0 Å². The number of hydrogen-bond acceptors (Lipinski definition) is 2. The van der Waals surface area contributed by atoms with E-state index >= 15 is 0 Å². The molecule has 0 aliphatic carbocycles. The number of halogens is 4. The van der Waals surface area contributed by atoms with E-state index < -0.39 is 24.0 Å². The first kappa shape index (κ1) is 17.1. The van der Waals surface area contributed by atoms with Gasteiger partial charge in [0.25, 0.3) is 0 Å². The van der Waals surface area contributed by atoms with Gasteiger partial charge in [0, 0.05) is 24.2 Å². The van der Waals surface area contributed by atoms with Crippen molar-refractivity contribution in [3.8, 4) is 0 Å². The van der Waals surface area contributed by atoms with Crippen molar-refractivity contribution in [2.24, 2.45) is 11.8 Å². The largest absolute Gasteiger partial charge is 0.481 e. The Morgan fingerprint density at radius 1 is 1.36 bits per heavy atom. The zero-order valence-corrected chi connectivity index (χ0v) is 12.7. The molecule has 0 amide bonds. The number of rotatable bonds is 4. The summed E-state index contributed by atoms with van der Waals surface area (Å²) in [4.78, 5) is 12.8. The summed E-state index contributed by atoms with van der Waals surface area (Å²) in [6.07, 6.45) is -3.91. The number of carboxylic acid groups (broad SMARTS) is 1. The molecule has 1 aliphatic rings. The Balaban J connectivity index is 2.24. The van der Waals surface area contributed by atoms with Crippen LogP contribution < -0.4 is 0 Å². The lowest BCUT2D eigenvalue weighted by Gasteiger charge is -2.27. The minimum Gasteiger partial charge on any atom is -0.481 e. The number of alkyl halides is 3. The highest BCUT2D eigenvalue weighted by molar-refractivity contribution is 6.30. The van der Waals surface area contributed by atoms with Crippen molar-refractivity contribution in [1.29, 1.82) is 0 Å². The Bertz CT molecular complexity index is 533. The maximum atomic E-state index is 13.1. The molecule has 1 heterocycles. The molecule has 22 heavy (non-hydrogen) atoms. The van der Waals surface area contributed by atoms with Gasteiger partial charge in [-0.1, -0.05) is 30.7 Å². The van der Waals surface area contributed by atoms with E-state index in [-0.39, 0.29) is 19.1 Å². The van der Waals surface area contributed by atoms with Crippen molar-refractivity contribution >= 4 is 17.6 Å². The molecule has 1 saturated heterocycles. The summed E-state index contributed by atoms with van der Waals surface area (Å²) in [6.45, 7) is 1.48. The van der Waals surface area contributed by atoms with Crippen LogP contribution in [0.5, 0.6) is 0 Å². The number of carbonyl (C=O) groups is 1. The average molecular weight is 336 g/mol. The lowest BCUT2D eigenvalue weighted by Crippen LogP contribution is -2.33. The van der Waals surface area contributed by atoms with Crippen molar-refractivity contribution in [1.82, 2.24) is 4.90 Å². The van der Waals surface area contributed by atoms with Crippen LogP contribution in [0.15, 0.2) is 24.3 Å². The van der Waals surface area contributed by atoms with Crippen LogP contribution in [0.25, 0.3) is 0 Å². The van der Waals surface area contributed by atoms with Crippen LogP contribution in [0.3, 0.4) is 0 Å². The van der Waals surface area contributed by atoms with Gasteiger partial charge in [-0.3, -0.25) is 9.69 Å². The maximum Gasteiger partial charge on any atom is 0.393 e. The molecule has 1 aliphatic heterocycles. The van der Waals surface area contributed by atoms with Crippen molar-refractivity contribution < 1.29 is 23.1 Å². The van der Waals surface area contributed by atoms with Crippen molar-refractivity contribution in [2.45, 2.75) is 25.6 Å². The van der Waals surface area contributed by atoms with Gasteiger partial charge in [-0.15, -0.1) is 0 Å². The summed E-state index contributed by atoms with van der Waals surface area (Å²) in [5.41, 5.74) is 0.846. The van der Waals surface area contributed by atoms with Crippen LogP contribution in [-0.4, -0.2) is 35.2 Å². The van der Waals surface area contributed by atoms with Gasteiger partial charge < -0.3 is 5.11 Å². The van der Waals surface area contributed by atoms with Gasteiger partial charge in [-0.05, 0) is 24.1 Å². The Kier molecular flexibility index (Phi) is 5.02. The second-order valence-electron chi connectivity index (χ2n) is 5.52. The number of benzene rings is 1. The van der Waals surface area contributed by atoms with Crippen molar-refractivity contribution in [2.75, 3.05) is 13.1 Å². The molecular formula is C15H17ClF3NO2. The summed E-state index contributed by atoms with van der Waals surface area (Å²) in [7, 11) is 0. The fourth-order valence-corrected chi connectivity index (χ4v) is 3.19. The molecule has 0 aromatic heterocycles. The first-order valence-electron chi connectivity index (χ1n) is 7.03. The van der Waals surface area contributed by atoms with Gasteiger partial charge in [0.05, 0.1) is 11.8 Å². The van der Waals surface area contributed by atoms with Gasteiger partial charge in [0.1, 0.15) is 0 Å². The minimum absolute atomic E-state index is 0.0966. The fourth-order valence-electron chi connectivity index (χ4n) is 3.06. The number of hydrogen-bond donors (Lipinski definition) is 1. The molecule has 7 heteroatoms. The van der Waals surface area contributed by atoms with Gasteiger partial charge in [0.15, 0.2) is 0 Å². The molecule has 0 bridgehead atoms. The van der Waals surface area contributed by atoms with E-state index in [0.29, 0.717) is 11.4 Å². The van der Waals surface area contributed by atoms with E-state index in [0.717, 1.165) is 5.56 Å². The zero-order chi connectivity index (χ0) is 16.5. The Morgan fingerprint density at radius 3 is 2.36 bits per heavy atom. The van der Waals surface area contributed by atoms with E-state index in [2.05, 4.69) is 0 Å². The van der Waals surface area contributed by atoms with Crippen LogP contribution in [-0.2, 0) is 4.79 Å². The van der Waals surface area contributed by atoms with Crippen molar-refractivity contribution in [3.63, 3.8) is 0 Å². The van der Waals surface area contributed by atoms with Gasteiger partial charge in [-0.2, -0.15) is 13.2 Å². The van der Waals surface area contributed by atoms with E-state index in [1.807, 2.05) is 6.92 Å². The summed E-state index contributed by atoms with van der Waals surface area (Å²) in [5, 5.41) is 9.63. The Morgan fingerprint density at radius 2 is 1.95 bits per heavy atom. The first-order chi connectivity index (χ1) is 10.2. The molecule has 1 aromatic carbocycles.